The Labute approximate surface area is 185 Å². The number of aliphatic hydroxyl groups excluding tert-OH is 1. The fourth-order valence-electron chi connectivity index (χ4n) is 2.66. The Balaban J connectivity index is 1.97. The van der Waals surface area contributed by atoms with E-state index < -0.39 is 62.2 Å². The highest BCUT2D eigenvalue weighted by molar-refractivity contribution is 14.1. The molecule has 14 heteroatoms. The number of carbonyl (C=O) groups excluding carboxylic acids is 1. The van der Waals surface area contributed by atoms with Crippen LogP contribution in [0.3, 0.4) is 0 Å². The van der Waals surface area contributed by atoms with Crippen LogP contribution in [-0.2, 0) is 23.4 Å². The minimum Gasteiger partial charge on any atom is -0.450 e. The first-order valence-electron chi connectivity index (χ1n) is 9.02. The number of nitrogens with one attached hydrogen (secondary N) is 2. The normalized spacial score (nSPS) is 28.7. The minimum atomic E-state index is -2.56. The third-order valence-electron chi connectivity index (χ3n) is 4.39. The van der Waals surface area contributed by atoms with Crippen molar-refractivity contribution in [1.29, 1.82) is 0 Å². The molecule has 1 aromatic heterocycles. The Morgan fingerprint density at radius 3 is 2.83 bits per heavy atom. The van der Waals surface area contributed by atoms with Gasteiger partial charge in [0, 0.05) is 12.3 Å². The van der Waals surface area contributed by atoms with Crippen LogP contribution in [0.4, 0.5) is 4.39 Å². The van der Waals surface area contributed by atoms with E-state index in [0.717, 1.165) is 23.8 Å². The molecular formula is C16H23FIN3O8P+. The number of alkyl halides is 2. The van der Waals surface area contributed by atoms with Crippen molar-refractivity contribution >= 4 is 36.7 Å². The molecule has 11 nitrogen and oxygen atoms in total. The van der Waals surface area contributed by atoms with Crippen molar-refractivity contribution in [3.05, 3.63) is 33.1 Å². The number of aromatic amines is 1. The van der Waals surface area contributed by atoms with Crippen molar-refractivity contribution in [3.8, 4) is 0 Å². The highest BCUT2D eigenvalue weighted by Crippen LogP contribution is 2.41. The second kappa shape index (κ2) is 10.4. The van der Waals surface area contributed by atoms with E-state index in [4.69, 9.17) is 14.0 Å². The van der Waals surface area contributed by atoms with E-state index in [1.165, 1.54) is 6.92 Å². The number of halogens is 2. The van der Waals surface area contributed by atoms with E-state index >= 15 is 4.39 Å². The lowest BCUT2D eigenvalue weighted by Gasteiger charge is -2.24. The number of aromatic nitrogens is 2. The lowest BCUT2D eigenvalue weighted by molar-refractivity contribution is -0.146. The van der Waals surface area contributed by atoms with Crippen LogP contribution in [0.1, 0.15) is 33.4 Å². The Hall–Kier alpha value is -1.25. The molecule has 3 N–H and O–H groups in total. The highest BCUT2D eigenvalue weighted by atomic mass is 127. The fraction of sp³-hybridized carbons (Fsp3) is 0.688. The SMILES string of the molecule is CCC(I)OC(=O)[C@H](C)N[P+](=O)OC[C@H]1O[C@@H](n2ccc(=O)[nH]c2=O)[C@](C)(F)[C@@H]1O. The molecular weight excluding hydrogens is 539 g/mol. The number of esters is 1. The van der Waals surface area contributed by atoms with Gasteiger partial charge >= 0.3 is 19.8 Å². The molecule has 2 rings (SSSR count). The molecule has 2 unspecified atom stereocenters. The summed E-state index contributed by atoms with van der Waals surface area (Å²) in [4.78, 5) is 36.9. The number of rotatable bonds is 9. The standard InChI is InChI=1S/C16H22FIN3O8P/c1-4-10(18)29-13(24)8(2)20-30(26)27-7-9-12(23)16(3,17)14(28-9)21-6-5-11(22)19-15(21)25/h5-6,8-10,12,14,23H,4,7H2,1-3H3,(H-,19,20,22,25,26)/p+1/t8-,9+,10?,12+,14+,16+/m0/s1. The van der Waals surface area contributed by atoms with Gasteiger partial charge in [0.15, 0.2) is 16.0 Å². The van der Waals surface area contributed by atoms with Crippen LogP contribution in [0.25, 0.3) is 0 Å². The zero-order chi connectivity index (χ0) is 22.6. The van der Waals surface area contributed by atoms with Crippen LogP contribution in [0, 0.1) is 0 Å². The van der Waals surface area contributed by atoms with E-state index in [1.54, 1.807) is 0 Å². The van der Waals surface area contributed by atoms with Crippen LogP contribution in [0.15, 0.2) is 21.9 Å². The zero-order valence-corrected chi connectivity index (χ0v) is 19.5. The van der Waals surface area contributed by atoms with Gasteiger partial charge in [-0.2, -0.15) is 0 Å². The Morgan fingerprint density at radius 2 is 2.23 bits per heavy atom. The van der Waals surface area contributed by atoms with Crippen molar-refractivity contribution in [2.45, 2.75) is 61.4 Å². The average Bonchev–Trinajstić information content (AvgIpc) is 2.89. The molecule has 1 aromatic rings. The molecule has 1 fully saturated rings. The Bertz CT molecular complexity index is 894. The summed E-state index contributed by atoms with van der Waals surface area (Å²) in [6, 6.07) is 0.0859. The van der Waals surface area contributed by atoms with Crippen LogP contribution in [0.2, 0.25) is 0 Å². The number of carbonyl (C=O) groups is 1. The number of ether oxygens (including phenoxy) is 2. The largest absolute Gasteiger partial charge is 0.613 e. The van der Waals surface area contributed by atoms with Gasteiger partial charge in [0.1, 0.15) is 24.9 Å². The summed E-state index contributed by atoms with van der Waals surface area (Å²) in [7, 11) is -2.56. The molecule has 1 aliphatic rings. The van der Waals surface area contributed by atoms with Crippen molar-refractivity contribution in [2.75, 3.05) is 6.61 Å². The highest BCUT2D eigenvalue weighted by Gasteiger charge is 2.56. The molecule has 0 amide bonds. The second-order valence-corrected chi connectivity index (χ2v) is 9.22. The Morgan fingerprint density at radius 1 is 1.57 bits per heavy atom. The number of aliphatic hydroxyl groups is 1. The number of hydrogen-bond donors (Lipinski definition) is 3. The first-order chi connectivity index (χ1) is 14.0. The maximum atomic E-state index is 15.0. The summed E-state index contributed by atoms with van der Waals surface area (Å²) >= 11 is 1.95. The maximum absolute atomic E-state index is 15.0. The topological polar surface area (TPSA) is 149 Å². The maximum Gasteiger partial charge on any atom is 0.613 e. The quantitative estimate of drug-likeness (QED) is 0.173. The van der Waals surface area contributed by atoms with Gasteiger partial charge in [-0.05, 0) is 47.4 Å². The average molecular weight is 562 g/mol. The second-order valence-electron chi connectivity index (χ2n) is 6.80. The summed E-state index contributed by atoms with van der Waals surface area (Å²) in [5.74, 6) is -0.616. The summed E-state index contributed by atoms with van der Waals surface area (Å²) in [6.45, 7) is 3.83. The van der Waals surface area contributed by atoms with Gasteiger partial charge in [0.25, 0.3) is 5.56 Å². The molecule has 1 aliphatic heterocycles. The smallest absolute Gasteiger partial charge is 0.450 e. The first-order valence-corrected chi connectivity index (χ1v) is 11.4. The molecule has 2 heterocycles. The molecule has 168 valence electrons. The van der Waals surface area contributed by atoms with Crippen molar-refractivity contribution in [2.24, 2.45) is 0 Å². The van der Waals surface area contributed by atoms with Gasteiger partial charge in [-0.25, -0.2) is 9.18 Å². The van der Waals surface area contributed by atoms with Crippen molar-refractivity contribution < 1.29 is 32.9 Å². The minimum absolute atomic E-state index is 0.323. The van der Waals surface area contributed by atoms with E-state index in [1.807, 2.05) is 34.5 Å². The first kappa shape index (κ1) is 25.0. The van der Waals surface area contributed by atoms with E-state index in [2.05, 4.69) is 5.09 Å². The third-order valence-corrected chi connectivity index (χ3v) is 6.51. The van der Waals surface area contributed by atoms with E-state index in [9.17, 15) is 24.1 Å². The van der Waals surface area contributed by atoms with Crippen LogP contribution < -0.4 is 16.3 Å². The molecule has 0 aromatic carbocycles. The van der Waals surface area contributed by atoms with Gasteiger partial charge < -0.3 is 14.6 Å². The monoisotopic (exact) mass is 562 g/mol. The van der Waals surface area contributed by atoms with Gasteiger partial charge in [-0.15, -0.1) is 4.52 Å². The molecule has 30 heavy (non-hydrogen) atoms. The molecule has 7 atom stereocenters. The molecule has 0 spiro atoms. The van der Waals surface area contributed by atoms with E-state index in [-0.39, 0.29) is 4.11 Å². The summed E-state index contributed by atoms with van der Waals surface area (Å²) < 4.78 is 43.2. The van der Waals surface area contributed by atoms with E-state index in [0.29, 0.717) is 6.42 Å². The van der Waals surface area contributed by atoms with Gasteiger partial charge in [-0.3, -0.25) is 19.1 Å². The number of nitrogens with zero attached hydrogens (tertiary/aromatic N) is 1. The predicted molar refractivity (Wildman–Crippen MR) is 111 cm³/mol. The molecule has 0 radical (unpaired) electrons. The van der Waals surface area contributed by atoms with Crippen LogP contribution >= 0.6 is 30.8 Å². The molecule has 0 bridgehead atoms. The molecule has 1 saturated heterocycles. The summed E-state index contributed by atoms with van der Waals surface area (Å²) in [6.07, 6.45) is -2.85. The number of hydrogen-bond acceptors (Lipinski definition) is 8. The van der Waals surface area contributed by atoms with Gasteiger partial charge in [0.2, 0.25) is 0 Å². The lowest BCUT2D eigenvalue weighted by atomic mass is 9.98. The van der Waals surface area contributed by atoms with Crippen molar-refractivity contribution in [1.82, 2.24) is 14.6 Å². The Kier molecular flexibility index (Phi) is 8.65. The van der Waals surface area contributed by atoms with Gasteiger partial charge in [-0.1, -0.05) is 12.0 Å². The van der Waals surface area contributed by atoms with Gasteiger partial charge in [0.05, 0.1) is 0 Å². The predicted octanol–water partition coefficient (Wildman–Crippen LogP) is 0.889. The zero-order valence-electron chi connectivity index (χ0n) is 16.4. The number of H-pyrrole nitrogens is 1. The lowest BCUT2D eigenvalue weighted by Crippen LogP contribution is -2.43. The molecule has 0 saturated carbocycles. The fourth-order valence-corrected chi connectivity index (χ4v) is 3.69. The third kappa shape index (κ3) is 5.92. The summed E-state index contributed by atoms with van der Waals surface area (Å²) in [5, 5.41) is 12.7. The summed E-state index contributed by atoms with van der Waals surface area (Å²) in [5.41, 5.74) is -3.98. The molecule has 0 aliphatic carbocycles. The van der Waals surface area contributed by atoms with Crippen molar-refractivity contribution in [3.63, 3.8) is 0 Å². The van der Waals surface area contributed by atoms with Crippen LogP contribution in [0.5, 0.6) is 0 Å². The van der Waals surface area contributed by atoms with Crippen LogP contribution in [-0.4, -0.2) is 55.3 Å².